The van der Waals surface area contributed by atoms with Gasteiger partial charge in [-0.25, -0.2) is 4.68 Å². The first-order valence-corrected chi connectivity index (χ1v) is 7.72. The average molecular weight is 290 g/mol. The molecule has 1 aliphatic carbocycles. The molecule has 1 fully saturated rings. The third kappa shape index (κ3) is 2.68. The van der Waals surface area contributed by atoms with Gasteiger partial charge in [0.2, 0.25) is 0 Å². The summed E-state index contributed by atoms with van der Waals surface area (Å²) in [5.74, 6) is 0.763. The predicted molar refractivity (Wildman–Crippen MR) is 83.6 cm³/mol. The molecular weight excluding hydrogens is 270 g/mol. The lowest BCUT2D eigenvalue weighted by Crippen LogP contribution is -2.24. The molecule has 3 rings (SSSR count). The summed E-state index contributed by atoms with van der Waals surface area (Å²) in [6, 6.07) is 8.42. The van der Waals surface area contributed by atoms with Crippen LogP contribution in [0.25, 0.3) is 5.69 Å². The van der Waals surface area contributed by atoms with Gasteiger partial charge in [-0.3, -0.25) is 0 Å². The Morgan fingerprint density at radius 1 is 1.40 bits per heavy atom. The summed E-state index contributed by atoms with van der Waals surface area (Å²) >= 11 is 6.16. The van der Waals surface area contributed by atoms with Crippen molar-refractivity contribution in [2.75, 3.05) is 5.32 Å². The van der Waals surface area contributed by atoms with Crippen LogP contribution in [0, 0.1) is 5.92 Å². The summed E-state index contributed by atoms with van der Waals surface area (Å²) in [7, 11) is 0. The van der Waals surface area contributed by atoms with Crippen molar-refractivity contribution in [3.8, 4) is 5.69 Å². The van der Waals surface area contributed by atoms with Crippen LogP contribution in [0.4, 0.5) is 5.69 Å². The summed E-state index contributed by atoms with van der Waals surface area (Å²) in [4.78, 5) is 0. The molecule has 0 amide bonds. The fraction of sp³-hybridized carbons (Fsp3) is 0.438. The number of nitrogens with one attached hydrogen (secondary N) is 1. The average Bonchev–Trinajstić information content (AvgIpc) is 3.10. The molecule has 0 radical (unpaired) electrons. The van der Waals surface area contributed by atoms with Crippen LogP contribution < -0.4 is 5.32 Å². The zero-order valence-electron chi connectivity index (χ0n) is 11.7. The van der Waals surface area contributed by atoms with Crippen molar-refractivity contribution in [2.24, 2.45) is 5.92 Å². The number of benzene rings is 1. The van der Waals surface area contributed by atoms with Gasteiger partial charge in [0.25, 0.3) is 0 Å². The number of hydrogen-bond acceptors (Lipinski definition) is 2. The fourth-order valence-corrected chi connectivity index (χ4v) is 3.32. The highest BCUT2D eigenvalue weighted by Gasteiger charge is 2.26. The molecule has 0 aliphatic heterocycles. The van der Waals surface area contributed by atoms with Gasteiger partial charge in [0.15, 0.2) is 0 Å². The maximum atomic E-state index is 6.16. The molecule has 0 spiro atoms. The Balaban J connectivity index is 1.90. The van der Waals surface area contributed by atoms with E-state index in [1.165, 1.54) is 25.7 Å². The van der Waals surface area contributed by atoms with Gasteiger partial charge in [0.05, 0.1) is 11.4 Å². The minimum Gasteiger partial charge on any atom is -0.380 e. The first-order valence-electron chi connectivity index (χ1n) is 7.34. The van der Waals surface area contributed by atoms with Gasteiger partial charge < -0.3 is 5.32 Å². The molecule has 0 bridgehead atoms. The molecular formula is C16H20ClN3. The van der Waals surface area contributed by atoms with Gasteiger partial charge in [-0.05, 0) is 43.0 Å². The van der Waals surface area contributed by atoms with Crippen molar-refractivity contribution in [1.82, 2.24) is 9.78 Å². The van der Waals surface area contributed by atoms with Crippen molar-refractivity contribution < 1.29 is 0 Å². The molecule has 106 valence electrons. The van der Waals surface area contributed by atoms with E-state index < -0.39 is 0 Å². The molecule has 4 heteroatoms. The fourth-order valence-electron chi connectivity index (χ4n) is 3.15. The van der Waals surface area contributed by atoms with Gasteiger partial charge in [-0.15, -0.1) is 0 Å². The molecule has 1 saturated carbocycles. The molecule has 1 heterocycles. The van der Waals surface area contributed by atoms with Gasteiger partial charge in [0.1, 0.15) is 0 Å². The summed E-state index contributed by atoms with van der Waals surface area (Å²) in [6.07, 6.45) is 8.86. The molecule has 2 unspecified atom stereocenters. The van der Waals surface area contributed by atoms with Crippen LogP contribution >= 0.6 is 11.6 Å². The first-order chi connectivity index (χ1) is 9.78. The van der Waals surface area contributed by atoms with Gasteiger partial charge in [0, 0.05) is 23.5 Å². The molecule has 1 aromatic carbocycles. The van der Waals surface area contributed by atoms with Crippen LogP contribution in [0.2, 0.25) is 5.02 Å². The van der Waals surface area contributed by atoms with E-state index in [0.717, 1.165) is 22.3 Å². The predicted octanol–water partition coefficient (Wildman–Crippen LogP) is 4.52. The summed E-state index contributed by atoms with van der Waals surface area (Å²) in [5, 5.41) is 8.78. The van der Waals surface area contributed by atoms with Crippen LogP contribution in [0.5, 0.6) is 0 Å². The van der Waals surface area contributed by atoms with E-state index in [9.17, 15) is 0 Å². The third-order valence-corrected chi connectivity index (χ3v) is 4.47. The van der Waals surface area contributed by atoms with E-state index in [4.69, 9.17) is 11.6 Å². The Morgan fingerprint density at radius 2 is 2.30 bits per heavy atom. The van der Waals surface area contributed by atoms with Crippen molar-refractivity contribution in [1.29, 1.82) is 0 Å². The second kappa shape index (κ2) is 5.88. The van der Waals surface area contributed by atoms with E-state index in [1.807, 2.05) is 35.1 Å². The Labute approximate surface area is 124 Å². The molecule has 20 heavy (non-hydrogen) atoms. The second-order valence-electron chi connectivity index (χ2n) is 5.46. The lowest BCUT2D eigenvalue weighted by molar-refractivity contribution is 0.489. The van der Waals surface area contributed by atoms with Gasteiger partial charge >= 0.3 is 0 Å². The first kappa shape index (κ1) is 13.5. The second-order valence-corrected chi connectivity index (χ2v) is 5.90. The van der Waals surface area contributed by atoms with Crippen LogP contribution in [0.3, 0.4) is 0 Å². The number of halogens is 1. The minimum atomic E-state index is 0.549. The molecule has 2 aromatic rings. The Morgan fingerprint density at radius 3 is 3.05 bits per heavy atom. The number of nitrogens with zero attached hydrogens (tertiary/aromatic N) is 2. The maximum Gasteiger partial charge on any atom is 0.0877 e. The monoisotopic (exact) mass is 289 g/mol. The number of anilines is 1. The highest BCUT2D eigenvalue weighted by molar-refractivity contribution is 6.31. The maximum absolute atomic E-state index is 6.16. The van der Waals surface area contributed by atoms with E-state index in [-0.39, 0.29) is 0 Å². The van der Waals surface area contributed by atoms with E-state index in [1.54, 1.807) is 6.20 Å². The normalized spacial score (nSPS) is 22.1. The Hall–Kier alpha value is -1.48. The summed E-state index contributed by atoms with van der Waals surface area (Å²) < 4.78 is 1.88. The van der Waals surface area contributed by atoms with Crippen LogP contribution in [-0.4, -0.2) is 15.8 Å². The van der Waals surface area contributed by atoms with Crippen molar-refractivity contribution in [3.63, 3.8) is 0 Å². The lowest BCUT2D eigenvalue weighted by atomic mass is 10.0. The standard InChI is InChI=1S/C16H20ClN3/c1-2-12-5-3-6-14(12)19-15-11-13(17)7-8-16(15)20-10-4-9-18-20/h4,7-12,14,19H,2-3,5-6H2,1H3. The van der Waals surface area contributed by atoms with E-state index in [2.05, 4.69) is 17.3 Å². The zero-order chi connectivity index (χ0) is 13.9. The lowest BCUT2D eigenvalue weighted by Gasteiger charge is -2.22. The van der Waals surface area contributed by atoms with Crippen molar-refractivity contribution >= 4 is 17.3 Å². The Bertz CT molecular complexity index is 565. The molecule has 1 aliphatic rings. The molecule has 3 nitrogen and oxygen atoms in total. The SMILES string of the molecule is CCC1CCCC1Nc1cc(Cl)ccc1-n1cccn1. The van der Waals surface area contributed by atoms with Crippen LogP contribution in [-0.2, 0) is 0 Å². The minimum absolute atomic E-state index is 0.549. The molecule has 0 saturated heterocycles. The van der Waals surface area contributed by atoms with Crippen LogP contribution in [0.15, 0.2) is 36.7 Å². The highest BCUT2D eigenvalue weighted by atomic mass is 35.5. The topological polar surface area (TPSA) is 29.9 Å². The van der Waals surface area contributed by atoms with E-state index in [0.29, 0.717) is 6.04 Å². The van der Waals surface area contributed by atoms with Crippen molar-refractivity contribution in [3.05, 3.63) is 41.7 Å². The summed E-state index contributed by atoms with van der Waals surface area (Å²) in [6.45, 7) is 2.27. The summed E-state index contributed by atoms with van der Waals surface area (Å²) in [5.41, 5.74) is 2.13. The molecule has 1 aromatic heterocycles. The van der Waals surface area contributed by atoms with Gasteiger partial charge in [-0.2, -0.15) is 5.10 Å². The van der Waals surface area contributed by atoms with Crippen LogP contribution in [0.1, 0.15) is 32.6 Å². The largest absolute Gasteiger partial charge is 0.380 e. The number of rotatable bonds is 4. The number of aromatic nitrogens is 2. The Kier molecular flexibility index (Phi) is 3.97. The zero-order valence-corrected chi connectivity index (χ0v) is 12.5. The molecule has 2 atom stereocenters. The van der Waals surface area contributed by atoms with E-state index >= 15 is 0 Å². The third-order valence-electron chi connectivity index (χ3n) is 4.23. The highest BCUT2D eigenvalue weighted by Crippen LogP contribution is 2.33. The number of hydrogen-bond donors (Lipinski definition) is 1. The smallest absolute Gasteiger partial charge is 0.0877 e. The van der Waals surface area contributed by atoms with Crippen molar-refractivity contribution in [2.45, 2.75) is 38.6 Å². The molecule has 1 N–H and O–H groups in total. The van der Waals surface area contributed by atoms with Gasteiger partial charge in [-0.1, -0.05) is 31.4 Å². The quantitative estimate of drug-likeness (QED) is 0.897.